The van der Waals surface area contributed by atoms with Gasteiger partial charge in [0, 0.05) is 11.8 Å². The van der Waals surface area contributed by atoms with E-state index in [2.05, 4.69) is 4.99 Å². The topological polar surface area (TPSA) is 68.3 Å². The zero-order valence-electron chi connectivity index (χ0n) is 11.6. The number of benzene rings is 2. The molecule has 0 amide bonds. The number of epoxide rings is 1. The molecule has 0 radical (unpaired) electrons. The molecule has 1 saturated heterocycles. The third-order valence-electron chi connectivity index (χ3n) is 3.58. The first-order valence-corrected chi connectivity index (χ1v) is 8.56. The van der Waals surface area contributed by atoms with E-state index in [-0.39, 0.29) is 16.8 Å². The molecule has 2 heterocycles. The van der Waals surface area contributed by atoms with Crippen LogP contribution in [-0.2, 0) is 14.6 Å². The summed E-state index contributed by atoms with van der Waals surface area (Å²) < 4.78 is 35.4. The van der Waals surface area contributed by atoms with Crippen molar-refractivity contribution in [2.45, 2.75) is 11.0 Å². The van der Waals surface area contributed by atoms with Crippen LogP contribution in [0.2, 0.25) is 0 Å². The Hall–Kier alpha value is -2.18. The van der Waals surface area contributed by atoms with Gasteiger partial charge in [-0.25, -0.2) is 8.42 Å². The van der Waals surface area contributed by atoms with E-state index < -0.39 is 9.84 Å². The van der Waals surface area contributed by atoms with Crippen molar-refractivity contribution >= 4 is 21.7 Å². The Morgan fingerprint density at radius 2 is 1.95 bits per heavy atom. The first-order chi connectivity index (χ1) is 10.6. The monoisotopic (exact) mass is 315 g/mol. The van der Waals surface area contributed by atoms with Crippen molar-refractivity contribution < 1.29 is 17.9 Å². The average molecular weight is 315 g/mol. The molecule has 5 nitrogen and oxygen atoms in total. The minimum Gasteiger partial charge on any atom is -0.454 e. The van der Waals surface area contributed by atoms with E-state index >= 15 is 0 Å². The van der Waals surface area contributed by atoms with Gasteiger partial charge in [-0.1, -0.05) is 12.1 Å². The average Bonchev–Trinajstić information content (AvgIpc) is 3.31. The number of hydrogen-bond acceptors (Lipinski definition) is 5. The maximum Gasteiger partial charge on any atom is 0.181 e. The van der Waals surface area contributed by atoms with E-state index in [1.807, 2.05) is 24.3 Å². The molecule has 0 N–H and O–H groups in total. The van der Waals surface area contributed by atoms with E-state index in [4.69, 9.17) is 9.47 Å². The van der Waals surface area contributed by atoms with Crippen LogP contribution in [-0.4, -0.2) is 33.1 Å². The van der Waals surface area contributed by atoms with Crippen molar-refractivity contribution in [3.05, 3.63) is 48.0 Å². The van der Waals surface area contributed by atoms with Crippen LogP contribution in [0.4, 0.5) is 5.69 Å². The quantitative estimate of drug-likeness (QED) is 0.697. The summed E-state index contributed by atoms with van der Waals surface area (Å²) in [4.78, 5) is 4.60. The van der Waals surface area contributed by atoms with Gasteiger partial charge in [0.1, 0.15) is 11.4 Å². The van der Waals surface area contributed by atoms with Crippen LogP contribution in [0.3, 0.4) is 0 Å². The Bertz CT molecular complexity index is 869. The van der Waals surface area contributed by atoms with E-state index in [1.165, 1.54) is 0 Å². The number of nitrogens with zero attached hydrogens (tertiary/aromatic N) is 1. The Labute approximate surface area is 128 Å². The van der Waals surface area contributed by atoms with Gasteiger partial charge in [-0.2, -0.15) is 0 Å². The normalized spacial score (nSPS) is 18.8. The highest BCUT2D eigenvalue weighted by atomic mass is 32.2. The maximum absolute atomic E-state index is 12.3. The Morgan fingerprint density at radius 1 is 1.14 bits per heavy atom. The van der Waals surface area contributed by atoms with Gasteiger partial charge >= 0.3 is 0 Å². The number of fused-ring (bicyclic) bond motifs is 2. The molecule has 2 aliphatic rings. The van der Waals surface area contributed by atoms with Gasteiger partial charge in [-0.3, -0.25) is 4.99 Å². The minimum absolute atomic E-state index is 0.0105. The highest BCUT2D eigenvalue weighted by molar-refractivity contribution is 7.91. The summed E-state index contributed by atoms with van der Waals surface area (Å²) in [6.45, 7) is 0.515. The smallest absolute Gasteiger partial charge is 0.181 e. The molecule has 1 fully saturated rings. The second kappa shape index (κ2) is 4.93. The van der Waals surface area contributed by atoms with Crippen molar-refractivity contribution in [2.75, 3.05) is 12.4 Å². The second-order valence-electron chi connectivity index (χ2n) is 5.26. The molecular weight excluding hydrogens is 302 g/mol. The van der Waals surface area contributed by atoms with Gasteiger partial charge in [0.15, 0.2) is 15.6 Å². The summed E-state index contributed by atoms with van der Waals surface area (Å²) in [6, 6.07) is 12.3. The van der Waals surface area contributed by atoms with Crippen LogP contribution >= 0.6 is 0 Å². The standard InChI is InChI=1S/C16H13NO4S/c18-22(19,10-12-9-20-12)13-5-6-16-14(7-13)17-8-11-3-1-2-4-15(11)21-16/h1-8,12H,9-10H2. The number of aliphatic imine (C=N–C) groups is 1. The molecule has 0 spiro atoms. The van der Waals surface area contributed by atoms with Crippen molar-refractivity contribution in [1.82, 2.24) is 0 Å². The van der Waals surface area contributed by atoms with Gasteiger partial charge in [0.2, 0.25) is 0 Å². The Balaban J connectivity index is 1.73. The second-order valence-corrected chi connectivity index (χ2v) is 7.30. The summed E-state index contributed by atoms with van der Waals surface area (Å²) >= 11 is 0. The molecule has 0 bridgehead atoms. The van der Waals surface area contributed by atoms with Gasteiger partial charge in [-0.15, -0.1) is 0 Å². The number of para-hydroxylation sites is 1. The molecule has 1 unspecified atom stereocenters. The molecule has 2 aromatic carbocycles. The van der Waals surface area contributed by atoms with Gasteiger partial charge in [0.05, 0.1) is 23.4 Å². The number of ether oxygens (including phenoxy) is 2. The lowest BCUT2D eigenvalue weighted by Gasteiger charge is -2.09. The van der Waals surface area contributed by atoms with Crippen LogP contribution in [0, 0.1) is 0 Å². The molecule has 6 heteroatoms. The number of hydrogen-bond donors (Lipinski definition) is 0. The summed E-state index contributed by atoms with van der Waals surface area (Å²) in [7, 11) is -3.36. The lowest BCUT2D eigenvalue weighted by atomic mass is 10.2. The van der Waals surface area contributed by atoms with E-state index in [9.17, 15) is 8.42 Å². The molecule has 2 aromatic rings. The predicted octanol–water partition coefficient (Wildman–Crippen LogP) is 2.72. The molecule has 0 saturated carbocycles. The molecule has 0 aromatic heterocycles. The molecule has 22 heavy (non-hydrogen) atoms. The SMILES string of the molecule is O=S(=O)(CC1CO1)c1ccc2c(c1)N=Cc1ccccc1O2. The Kier molecular flexibility index (Phi) is 3.02. The zero-order valence-corrected chi connectivity index (χ0v) is 12.4. The highest BCUT2D eigenvalue weighted by Crippen LogP contribution is 2.37. The van der Waals surface area contributed by atoms with Crippen LogP contribution in [0.5, 0.6) is 11.5 Å². The lowest BCUT2D eigenvalue weighted by Crippen LogP contribution is -2.11. The molecule has 2 aliphatic heterocycles. The van der Waals surface area contributed by atoms with Crippen LogP contribution < -0.4 is 4.74 Å². The summed E-state index contributed by atoms with van der Waals surface area (Å²) in [5.74, 6) is 1.26. The van der Waals surface area contributed by atoms with E-state index in [0.29, 0.717) is 23.8 Å². The van der Waals surface area contributed by atoms with E-state index in [1.54, 1.807) is 24.4 Å². The largest absolute Gasteiger partial charge is 0.454 e. The van der Waals surface area contributed by atoms with Crippen molar-refractivity contribution in [2.24, 2.45) is 4.99 Å². The Morgan fingerprint density at radius 3 is 2.77 bits per heavy atom. The van der Waals surface area contributed by atoms with Crippen LogP contribution in [0.15, 0.2) is 52.4 Å². The zero-order chi connectivity index (χ0) is 15.2. The minimum atomic E-state index is -3.36. The van der Waals surface area contributed by atoms with Gasteiger partial charge in [0.25, 0.3) is 0 Å². The predicted molar refractivity (Wildman–Crippen MR) is 82.0 cm³/mol. The summed E-state index contributed by atoms with van der Waals surface area (Å²) in [5.41, 5.74) is 1.36. The fourth-order valence-corrected chi connectivity index (χ4v) is 3.76. The lowest BCUT2D eigenvalue weighted by molar-refractivity contribution is 0.422. The van der Waals surface area contributed by atoms with Gasteiger partial charge in [-0.05, 0) is 30.3 Å². The van der Waals surface area contributed by atoms with Crippen molar-refractivity contribution in [1.29, 1.82) is 0 Å². The fraction of sp³-hybridized carbons (Fsp3) is 0.188. The van der Waals surface area contributed by atoms with Crippen LogP contribution in [0.1, 0.15) is 5.56 Å². The molecular formula is C16H13NO4S. The third kappa shape index (κ3) is 2.51. The first kappa shape index (κ1) is 13.5. The molecule has 112 valence electrons. The molecule has 4 rings (SSSR count). The highest BCUT2D eigenvalue weighted by Gasteiger charge is 2.30. The van der Waals surface area contributed by atoms with Crippen LogP contribution in [0.25, 0.3) is 0 Å². The summed E-state index contributed by atoms with van der Waals surface area (Å²) in [5, 5.41) is 0. The number of sulfone groups is 1. The first-order valence-electron chi connectivity index (χ1n) is 6.91. The molecule has 0 aliphatic carbocycles. The van der Waals surface area contributed by atoms with Crippen molar-refractivity contribution in [3.8, 4) is 11.5 Å². The summed E-state index contributed by atoms with van der Waals surface area (Å²) in [6.07, 6.45) is 1.51. The maximum atomic E-state index is 12.3. The fourth-order valence-electron chi connectivity index (χ4n) is 2.32. The van der Waals surface area contributed by atoms with E-state index in [0.717, 1.165) is 5.56 Å². The van der Waals surface area contributed by atoms with Crippen molar-refractivity contribution in [3.63, 3.8) is 0 Å². The van der Waals surface area contributed by atoms with Gasteiger partial charge < -0.3 is 9.47 Å². The third-order valence-corrected chi connectivity index (χ3v) is 5.36. The molecule has 1 atom stereocenters. The number of rotatable bonds is 3.